The van der Waals surface area contributed by atoms with Gasteiger partial charge in [0, 0.05) is 31.1 Å². The number of nitrogens with zero attached hydrogens (tertiary/aromatic N) is 2. The molecule has 0 radical (unpaired) electrons. The highest BCUT2D eigenvalue weighted by Crippen LogP contribution is 2.27. The van der Waals surface area contributed by atoms with E-state index in [0.29, 0.717) is 45.8 Å². The highest BCUT2D eigenvalue weighted by atomic mass is 16.5. The van der Waals surface area contributed by atoms with E-state index >= 15 is 0 Å². The van der Waals surface area contributed by atoms with E-state index in [9.17, 15) is 14.4 Å². The third kappa shape index (κ3) is 4.96. The second-order valence-electron chi connectivity index (χ2n) is 7.69. The maximum absolute atomic E-state index is 12.9. The van der Waals surface area contributed by atoms with Crippen molar-refractivity contribution >= 4 is 34.1 Å². The van der Waals surface area contributed by atoms with E-state index in [1.165, 1.54) is 4.90 Å². The number of rotatable bonds is 7. The number of aromatic amines is 1. The summed E-state index contributed by atoms with van der Waals surface area (Å²) in [6.45, 7) is 0. The number of ether oxygens (including phenoxy) is 1. The number of carbonyl (C=O) groups is 2. The molecule has 4 rings (SSSR count). The van der Waals surface area contributed by atoms with Gasteiger partial charge in [-0.25, -0.2) is 4.98 Å². The van der Waals surface area contributed by atoms with E-state index in [4.69, 9.17) is 4.74 Å². The van der Waals surface area contributed by atoms with Crippen molar-refractivity contribution in [2.45, 2.75) is 12.8 Å². The fraction of sp³-hybridized carbons (Fsp3) is 0.154. The molecule has 2 N–H and O–H groups in total. The number of amides is 2. The number of hydrogen-bond donors (Lipinski definition) is 2. The molecule has 34 heavy (non-hydrogen) atoms. The Kier molecular flexibility index (Phi) is 6.68. The lowest BCUT2D eigenvalue weighted by Crippen LogP contribution is -2.26. The third-order valence-electron chi connectivity index (χ3n) is 5.42. The zero-order chi connectivity index (χ0) is 24.1. The van der Waals surface area contributed by atoms with Crippen LogP contribution < -0.4 is 20.5 Å². The minimum Gasteiger partial charge on any atom is -0.495 e. The summed E-state index contributed by atoms with van der Waals surface area (Å²) >= 11 is 0. The van der Waals surface area contributed by atoms with Gasteiger partial charge in [-0.3, -0.25) is 14.4 Å². The summed E-state index contributed by atoms with van der Waals surface area (Å²) in [6, 6.07) is 21.0. The molecule has 0 aliphatic carbocycles. The molecule has 0 aliphatic rings. The highest BCUT2D eigenvalue weighted by molar-refractivity contribution is 6.06. The van der Waals surface area contributed by atoms with Gasteiger partial charge in [-0.05, 0) is 48.5 Å². The zero-order valence-corrected chi connectivity index (χ0v) is 18.9. The zero-order valence-electron chi connectivity index (χ0n) is 18.9. The van der Waals surface area contributed by atoms with Crippen LogP contribution in [-0.2, 0) is 11.2 Å². The molecule has 0 spiro atoms. The molecule has 0 unspecified atom stereocenters. The van der Waals surface area contributed by atoms with E-state index in [1.807, 2.05) is 24.3 Å². The Morgan fingerprint density at radius 2 is 1.71 bits per heavy atom. The maximum Gasteiger partial charge on any atom is 0.258 e. The second kappa shape index (κ2) is 9.99. The van der Waals surface area contributed by atoms with Gasteiger partial charge in [-0.2, -0.15) is 0 Å². The molecule has 0 saturated heterocycles. The SMILES string of the molecule is COc1ccccc1N(C)C(=O)c1ccc(NC(=O)CCc2nc3ccccc3c(=O)[nH]2)cc1. The Bertz CT molecular complexity index is 1400. The molecule has 3 aromatic carbocycles. The molecule has 172 valence electrons. The van der Waals surface area contributed by atoms with Crippen molar-refractivity contribution in [3.63, 3.8) is 0 Å². The first-order chi connectivity index (χ1) is 16.5. The van der Waals surface area contributed by atoms with E-state index < -0.39 is 0 Å². The average Bonchev–Trinajstić information content (AvgIpc) is 2.87. The predicted molar refractivity (Wildman–Crippen MR) is 131 cm³/mol. The van der Waals surface area contributed by atoms with Crippen LogP contribution >= 0.6 is 0 Å². The van der Waals surface area contributed by atoms with Gasteiger partial charge in [0.25, 0.3) is 11.5 Å². The van der Waals surface area contributed by atoms with Gasteiger partial charge >= 0.3 is 0 Å². The van der Waals surface area contributed by atoms with Crippen molar-refractivity contribution in [2.75, 3.05) is 24.4 Å². The molecule has 1 aromatic heterocycles. The smallest absolute Gasteiger partial charge is 0.258 e. The summed E-state index contributed by atoms with van der Waals surface area (Å²) < 4.78 is 5.33. The summed E-state index contributed by atoms with van der Waals surface area (Å²) in [4.78, 5) is 46.1. The van der Waals surface area contributed by atoms with Crippen molar-refractivity contribution in [2.24, 2.45) is 0 Å². The van der Waals surface area contributed by atoms with Gasteiger partial charge in [0.2, 0.25) is 5.91 Å². The lowest BCUT2D eigenvalue weighted by molar-refractivity contribution is -0.116. The van der Waals surface area contributed by atoms with E-state index in [-0.39, 0.29) is 23.8 Å². The van der Waals surface area contributed by atoms with Crippen molar-refractivity contribution in [1.29, 1.82) is 0 Å². The molecular weight excluding hydrogens is 432 g/mol. The molecule has 8 heteroatoms. The Hall–Kier alpha value is -4.46. The normalized spacial score (nSPS) is 10.6. The van der Waals surface area contributed by atoms with E-state index in [0.717, 1.165) is 0 Å². The molecule has 0 bridgehead atoms. The molecule has 1 heterocycles. The van der Waals surface area contributed by atoms with Crippen molar-refractivity contribution < 1.29 is 14.3 Å². The van der Waals surface area contributed by atoms with Crippen LogP contribution in [0.15, 0.2) is 77.6 Å². The summed E-state index contributed by atoms with van der Waals surface area (Å²) in [5.41, 5.74) is 2.08. The van der Waals surface area contributed by atoms with Crippen molar-refractivity contribution in [3.8, 4) is 5.75 Å². The first kappa shape index (κ1) is 22.7. The first-order valence-electron chi connectivity index (χ1n) is 10.7. The number of aromatic nitrogens is 2. The Morgan fingerprint density at radius 1 is 1.00 bits per heavy atom. The largest absolute Gasteiger partial charge is 0.495 e. The molecule has 0 fully saturated rings. The topological polar surface area (TPSA) is 104 Å². The van der Waals surface area contributed by atoms with Crippen LogP contribution in [0.2, 0.25) is 0 Å². The third-order valence-corrected chi connectivity index (χ3v) is 5.42. The highest BCUT2D eigenvalue weighted by Gasteiger charge is 2.17. The van der Waals surface area contributed by atoms with Crippen molar-refractivity contribution in [3.05, 3.63) is 94.5 Å². The van der Waals surface area contributed by atoms with Gasteiger partial charge in [0.15, 0.2) is 0 Å². The lowest BCUT2D eigenvalue weighted by Gasteiger charge is -2.20. The number of nitrogens with one attached hydrogen (secondary N) is 2. The number of benzene rings is 3. The number of hydrogen-bond acceptors (Lipinski definition) is 5. The number of methoxy groups -OCH3 is 1. The molecule has 4 aromatic rings. The standard InChI is InChI=1S/C26H24N4O4/c1-30(21-9-5-6-10-22(21)34-2)26(33)17-11-13-18(14-12-17)27-24(31)16-15-23-28-20-8-4-3-7-19(20)25(32)29-23/h3-14H,15-16H2,1-2H3,(H,27,31)(H,28,29,32). The Morgan fingerprint density at radius 3 is 2.47 bits per heavy atom. The number of carbonyl (C=O) groups excluding carboxylic acids is 2. The fourth-order valence-corrected chi connectivity index (χ4v) is 3.61. The van der Waals surface area contributed by atoms with Gasteiger partial charge in [-0.1, -0.05) is 24.3 Å². The summed E-state index contributed by atoms with van der Waals surface area (Å²) in [7, 11) is 3.24. The average molecular weight is 457 g/mol. The molecule has 2 amide bonds. The number of para-hydroxylation sites is 3. The number of anilines is 2. The minimum absolute atomic E-state index is 0.151. The summed E-state index contributed by atoms with van der Waals surface area (Å²) in [5, 5.41) is 3.32. The quantitative estimate of drug-likeness (QED) is 0.440. The number of fused-ring (bicyclic) bond motifs is 1. The minimum atomic E-state index is -0.223. The van der Waals surface area contributed by atoms with Gasteiger partial charge in [0.1, 0.15) is 11.6 Å². The Balaban J connectivity index is 1.37. The van der Waals surface area contributed by atoms with E-state index in [1.54, 1.807) is 62.7 Å². The summed E-state index contributed by atoms with van der Waals surface area (Å²) in [6.07, 6.45) is 0.449. The maximum atomic E-state index is 12.9. The van der Waals surface area contributed by atoms with Crippen LogP contribution in [0.25, 0.3) is 10.9 Å². The Labute approximate surface area is 196 Å². The lowest BCUT2D eigenvalue weighted by atomic mass is 10.1. The molecule has 0 aliphatic heterocycles. The van der Waals surface area contributed by atoms with Gasteiger partial charge in [0.05, 0.1) is 23.7 Å². The van der Waals surface area contributed by atoms with Crippen LogP contribution in [0.5, 0.6) is 5.75 Å². The van der Waals surface area contributed by atoms with Crippen LogP contribution in [0, 0.1) is 0 Å². The van der Waals surface area contributed by atoms with Gasteiger partial charge in [-0.15, -0.1) is 0 Å². The van der Waals surface area contributed by atoms with Crippen LogP contribution in [-0.4, -0.2) is 35.9 Å². The predicted octanol–water partition coefficient (Wildman–Crippen LogP) is 3.78. The second-order valence-corrected chi connectivity index (χ2v) is 7.69. The van der Waals surface area contributed by atoms with Crippen LogP contribution in [0.3, 0.4) is 0 Å². The van der Waals surface area contributed by atoms with Gasteiger partial charge < -0.3 is 19.9 Å². The number of H-pyrrole nitrogens is 1. The first-order valence-corrected chi connectivity index (χ1v) is 10.7. The monoisotopic (exact) mass is 456 g/mol. The molecule has 0 atom stereocenters. The number of aryl methyl sites for hydroxylation is 1. The van der Waals surface area contributed by atoms with Crippen LogP contribution in [0.4, 0.5) is 11.4 Å². The summed E-state index contributed by atoms with van der Waals surface area (Å²) in [5.74, 6) is 0.637. The molecule has 0 saturated carbocycles. The fourth-order valence-electron chi connectivity index (χ4n) is 3.61. The molecule has 8 nitrogen and oxygen atoms in total. The van der Waals surface area contributed by atoms with Crippen molar-refractivity contribution in [1.82, 2.24) is 9.97 Å². The molecular formula is C26H24N4O4. The van der Waals surface area contributed by atoms with E-state index in [2.05, 4.69) is 15.3 Å². The van der Waals surface area contributed by atoms with Crippen LogP contribution in [0.1, 0.15) is 22.6 Å².